The number of methoxy groups -OCH3 is 1. The molecule has 0 spiro atoms. The van der Waals surface area contributed by atoms with Gasteiger partial charge in [0, 0.05) is 49.9 Å². The molecule has 1 atom stereocenters. The van der Waals surface area contributed by atoms with Gasteiger partial charge in [0.15, 0.2) is 5.82 Å². The van der Waals surface area contributed by atoms with Crippen molar-refractivity contribution in [2.45, 2.75) is 39.3 Å². The number of likely N-dealkylation sites (tertiary alicyclic amines) is 1. The molecule has 1 aliphatic heterocycles. The third kappa shape index (κ3) is 4.59. The third-order valence-electron chi connectivity index (χ3n) is 6.87. The van der Waals surface area contributed by atoms with E-state index in [-0.39, 0.29) is 11.9 Å². The Kier molecular flexibility index (Phi) is 6.49. The van der Waals surface area contributed by atoms with Crippen molar-refractivity contribution in [3.05, 3.63) is 42.1 Å². The summed E-state index contributed by atoms with van der Waals surface area (Å²) in [7, 11) is 3.54. The lowest BCUT2D eigenvalue weighted by Crippen LogP contribution is -2.49. The number of fused-ring (bicyclic) bond motifs is 2. The predicted octanol–water partition coefficient (Wildman–Crippen LogP) is 4.13. The number of amides is 2. The lowest BCUT2D eigenvalue weighted by Gasteiger charge is -2.32. The molecule has 3 aromatic heterocycles. The minimum Gasteiger partial charge on any atom is -0.494 e. The first-order chi connectivity index (χ1) is 17.8. The van der Waals surface area contributed by atoms with Crippen molar-refractivity contribution < 1.29 is 19.4 Å². The van der Waals surface area contributed by atoms with E-state index in [1.165, 1.54) is 0 Å². The van der Waals surface area contributed by atoms with E-state index in [1.807, 2.05) is 23.7 Å². The molecule has 1 aromatic carbocycles. The molecule has 194 valence electrons. The average molecular weight is 505 g/mol. The number of ether oxygens (including phenoxy) is 1. The molecule has 1 fully saturated rings. The molecule has 0 bridgehead atoms. The number of hydrogen-bond donors (Lipinski definition) is 2. The number of carbonyl (C=O) groups excluding carboxylic acids is 1. The fourth-order valence-corrected chi connectivity index (χ4v) is 5.28. The van der Waals surface area contributed by atoms with Crippen LogP contribution in [0, 0.1) is 5.92 Å². The van der Waals surface area contributed by atoms with E-state index >= 15 is 0 Å². The van der Waals surface area contributed by atoms with E-state index in [1.54, 1.807) is 30.3 Å². The number of nitrogens with zero attached hydrogens (tertiary/aromatic N) is 5. The zero-order valence-corrected chi connectivity index (χ0v) is 21.6. The Labute approximate surface area is 214 Å². The Morgan fingerprint density at radius 2 is 2.08 bits per heavy atom. The van der Waals surface area contributed by atoms with Crippen LogP contribution in [0.5, 0.6) is 5.75 Å². The lowest BCUT2D eigenvalue weighted by molar-refractivity contribution is 0.0692. The van der Waals surface area contributed by atoms with Crippen molar-refractivity contribution in [1.82, 2.24) is 29.3 Å². The van der Waals surface area contributed by atoms with Crippen LogP contribution in [0.4, 0.5) is 4.79 Å². The normalized spacial score (nSPS) is 16.0. The van der Waals surface area contributed by atoms with Crippen LogP contribution in [-0.2, 0) is 13.6 Å². The van der Waals surface area contributed by atoms with Crippen molar-refractivity contribution >= 4 is 34.1 Å². The maximum absolute atomic E-state index is 13.4. The summed E-state index contributed by atoms with van der Waals surface area (Å²) >= 11 is 0. The Bertz CT molecular complexity index is 1490. The highest BCUT2D eigenvalue weighted by Gasteiger charge is 2.27. The maximum atomic E-state index is 13.4. The molecule has 0 radical (unpaired) electrons. The van der Waals surface area contributed by atoms with Crippen molar-refractivity contribution in [3.63, 3.8) is 0 Å². The Morgan fingerprint density at radius 3 is 2.81 bits per heavy atom. The number of nitrogens with one attached hydrogen (secondary N) is 1. The first-order valence-corrected chi connectivity index (χ1v) is 12.5. The molecular formula is C27H32N6O4. The highest BCUT2D eigenvalue weighted by molar-refractivity contribution is 6.00. The second-order valence-electron chi connectivity index (χ2n) is 10.0. The van der Waals surface area contributed by atoms with Crippen molar-refractivity contribution in [2.75, 3.05) is 20.2 Å². The fourth-order valence-electron chi connectivity index (χ4n) is 5.28. The van der Waals surface area contributed by atoms with Gasteiger partial charge in [-0.2, -0.15) is 0 Å². The molecule has 4 aromatic rings. The van der Waals surface area contributed by atoms with Gasteiger partial charge in [-0.05, 0) is 49.1 Å². The number of hydrogen-bond acceptors (Lipinski definition) is 5. The zero-order chi connectivity index (χ0) is 26.3. The van der Waals surface area contributed by atoms with E-state index in [0.717, 1.165) is 41.0 Å². The molecule has 10 nitrogen and oxygen atoms in total. The number of carbonyl (C=O) groups is 2. The molecular weight excluding hydrogens is 472 g/mol. The van der Waals surface area contributed by atoms with Crippen LogP contribution in [0.15, 0.2) is 36.5 Å². The van der Waals surface area contributed by atoms with Crippen LogP contribution in [0.25, 0.3) is 33.6 Å². The van der Waals surface area contributed by atoms with E-state index in [9.17, 15) is 9.59 Å². The number of benzene rings is 1. The van der Waals surface area contributed by atoms with Gasteiger partial charge in [0.1, 0.15) is 16.9 Å². The smallest absolute Gasteiger partial charge is 0.404 e. The Morgan fingerprint density at radius 1 is 1.27 bits per heavy atom. The standard InChI is InChI=1S/C27H32N6O4/c1-16(2)14-33-21(12-17-7-5-9-28-24(17)33)25-30-20-11-18(13-22(37-4)23(20)31(25)3)26(34)32-10-6-8-19(15-32)29-27(35)36/h5,7,9,11-13,16,19,29H,6,8,10,14-15H2,1-4H3,(H,35,36). The average Bonchev–Trinajstić information content (AvgIpc) is 3.39. The minimum atomic E-state index is -1.08. The van der Waals surface area contributed by atoms with E-state index < -0.39 is 6.09 Å². The number of carboxylic acid groups (broad SMARTS) is 1. The summed E-state index contributed by atoms with van der Waals surface area (Å²) in [6.45, 7) is 6.05. The molecule has 5 rings (SSSR count). The maximum Gasteiger partial charge on any atom is 0.404 e. The quantitative estimate of drug-likeness (QED) is 0.408. The van der Waals surface area contributed by atoms with E-state index in [0.29, 0.717) is 42.3 Å². The molecule has 0 saturated carbocycles. The minimum absolute atomic E-state index is 0.164. The summed E-state index contributed by atoms with van der Waals surface area (Å²) < 4.78 is 9.92. The van der Waals surface area contributed by atoms with Gasteiger partial charge in [-0.3, -0.25) is 4.79 Å². The van der Waals surface area contributed by atoms with Gasteiger partial charge in [0.2, 0.25) is 0 Å². The summed E-state index contributed by atoms with van der Waals surface area (Å²) in [6, 6.07) is 9.35. The molecule has 0 aliphatic carbocycles. The summed E-state index contributed by atoms with van der Waals surface area (Å²) in [5.41, 5.74) is 3.79. The molecule has 1 unspecified atom stereocenters. The Balaban J connectivity index is 1.57. The first kappa shape index (κ1) is 24.6. The number of rotatable bonds is 6. The molecule has 37 heavy (non-hydrogen) atoms. The largest absolute Gasteiger partial charge is 0.494 e. The Hall–Kier alpha value is -4.08. The summed E-state index contributed by atoms with van der Waals surface area (Å²) in [5.74, 6) is 1.57. The topological polar surface area (TPSA) is 115 Å². The summed E-state index contributed by atoms with van der Waals surface area (Å²) in [5, 5.41) is 12.6. The fraction of sp³-hybridized carbons (Fsp3) is 0.407. The zero-order valence-electron chi connectivity index (χ0n) is 21.6. The highest BCUT2D eigenvalue weighted by atomic mass is 16.5. The number of aryl methyl sites for hydroxylation is 1. The van der Waals surface area contributed by atoms with E-state index in [4.69, 9.17) is 14.8 Å². The molecule has 2 N–H and O–H groups in total. The van der Waals surface area contributed by atoms with Crippen molar-refractivity contribution in [1.29, 1.82) is 0 Å². The number of piperidine rings is 1. The third-order valence-corrected chi connectivity index (χ3v) is 6.87. The SMILES string of the molecule is COc1cc(C(=O)N2CCCC(NC(=O)O)C2)cc2nc(-c3cc4cccnc4n3CC(C)C)n(C)c12. The van der Waals surface area contributed by atoms with E-state index in [2.05, 4.69) is 34.8 Å². The second kappa shape index (κ2) is 9.76. The first-order valence-electron chi connectivity index (χ1n) is 12.5. The van der Waals surface area contributed by atoms with Gasteiger partial charge in [0.25, 0.3) is 5.91 Å². The molecule has 4 heterocycles. The van der Waals surface area contributed by atoms with Crippen LogP contribution < -0.4 is 10.1 Å². The van der Waals surface area contributed by atoms with Gasteiger partial charge in [-0.15, -0.1) is 0 Å². The summed E-state index contributed by atoms with van der Waals surface area (Å²) in [4.78, 5) is 35.8. The number of aromatic nitrogens is 4. The van der Waals surface area contributed by atoms with Gasteiger partial charge in [0.05, 0.1) is 18.3 Å². The molecule has 10 heteroatoms. The summed E-state index contributed by atoms with van der Waals surface area (Å²) in [6.07, 6.45) is 2.17. The van der Waals surface area contributed by atoms with Crippen LogP contribution in [0.1, 0.15) is 37.0 Å². The van der Waals surface area contributed by atoms with Crippen LogP contribution in [0.3, 0.4) is 0 Å². The number of imidazole rings is 1. The lowest BCUT2D eigenvalue weighted by atomic mass is 10.0. The highest BCUT2D eigenvalue weighted by Crippen LogP contribution is 2.34. The van der Waals surface area contributed by atoms with Gasteiger partial charge < -0.3 is 29.2 Å². The van der Waals surface area contributed by atoms with Crippen molar-refractivity contribution in [2.24, 2.45) is 13.0 Å². The van der Waals surface area contributed by atoms with Gasteiger partial charge >= 0.3 is 6.09 Å². The van der Waals surface area contributed by atoms with Crippen LogP contribution >= 0.6 is 0 Å². The molecule has 1 saturated heterocycles. The van der Waals surface area contributed by atoms with Gasteiger partial charge in [-0.1, -0.05) is 13.8 Å². The second-order valence-corrected chi connectivity index (χ2v) is 10.0. The monoisotopic (exact) mass is 504 g/mol. The van der Waals surface area contributed by atoms with Crippen LogP contribution in [-0.4, -0.2) is 67.4 Å². The number of pyridine rings is 1. The molecule has 2 amide bonds. The predicted molar refractivity (Wildman–Crippen MR) is 141 cm³/mol. The molecule has 1 aliphatic rings. The van der Waals surface area contributed by atoms with Crippen molar-refractivity contribution in [3.8, 4) is 17.3 Å². The van der Waals surface area contributed by atoms with Crippen LogP contribution in [0.2, 0.25) is 0 Å². The van der Waals surface area contributed by atoms with Gasteiger partial charge in [-0.25, -0.2) is 14.8 Å².